The minimum Gasteiger partial charge on any atom is -0.361 e. The van der Waals surface area contributed by atoms with Gasteiger partial charge in [-0.1, -0.05) is 5.16 Å². The summed E-state index contributed by atoms with van der Waals surface area (Å²) >= 11 is 1.63. The highest BCUT2D eigenvalue weighted by Crippen LogP contribution is 2.13. The summed E-state index contributed by atoms with van der Waals surface area (Å²) in [6.07, 6.45) is 4.03. The third-order valence-electron chi connectivity index (χ3n) is 3.50. The van der Waals surface area contributed by atoms with Gasteiger partial charge >= 0.3 is 0 Å². The van der Waals surface area contributed by atoms with Crippen molar-refractivity contribution < 1.29 is 4.52 Å². The van der Waals surface area contributed by atoms with Gasteiger partial charge in [-0.15, -0.1) is 11.3 Å². The lowest BCUT2D eigenvalue weighted by Gasteiger charge is -2.10. The van der Waals surface area contributed by atoms with Crippen molar-refractivity contribution in [2.45, 2.75) is 33.9 Å². The number of fused-ring (bicyclic) bond motifs is 1. The summed E-state index contributed by atoms with van der Waals surface area (Å²) in [4.78, 5) is 10.2. The largest absolute Gasteiger partial charge is 0.361 e. The van der Waals surface area contributed by atoms with E-state index in [-0.39, 0.29) is 0 Å². The van der Waals surface area contributed by atoms with Crippen molar-refractivity contribution in [3.8, 4) is 0 Å². The molecule has 0 aromatic carbocycles. The van der Waals surface area contributed by atoms with Crippen LogP contribution in [-0.4, -0.2) is 27.0 Å². The van der Waals surface area contributed by atoms with Crippen molar-refractivity contribution in [3.05, 3.63) is 40.5 Å². The summed E-state index contributed by atoms with van der Waals surface area (Å²) in [5, 5.41) is 12.5. The van der Waals surface area contributed by atoms with Crippen LogP contribution in [0.3, 0.4) is 0 Å². The van der Waals surface area contributed by atoms with E-state index in [0.29, 0.717) is 13.1 Å². The Morgan fingerprint density at radius 2 is 2.26 bits per heavy atom. The highest BCUT2D eigenvalue weighted by Gasteiger charge is 2.09. The molecule has 0 saturated heterocycles. The zero-order chi connectivity index (χ0) is 16.2. The number of thiazole rings is 1. The molecule has 0 aliphatic heterocycles. The topological polar surface area (TPSA) is 79.8 Å². The highest BCUT2D eigenvalue weighted by atomic mass is 32.1. The lowest BCUT2D eigenvalue weighted by atomic mass is 10.2. The lowest BCUT2D eigenvalue weighted by Crippen LogP contribution is -2.36. The highest BCUT2D eigenvalue weighted by molar-refractivity contribution is 7.15. The van der Waals surface area contributed by atoms with Gasteiger partial charge in [0.25, 0.3) is 0 Å². The van der Waals surface area contributed by atoms with E-state index < -0.39 is 0 Å². The molecular weight excluding hydrogens is 312 g/mol. The summed E-state index contributed by atoms with van der Waals surface area (Å²) < 4.78 is 7.19. The second kappa shape index (κ2) is 6.82. The van der Waals surface area contributed by atoms with Crippen LogP contribution in [0.25, 0.3) is 4.96 Å². The number of aliphatic imine (C=N–C) groups is 1. The van der Waals surface area contributed by atoms with Crippen molar-refractivity contribution >= 4 is 22.3 Å². The second-order valence-electron chi connectivity index (χ2n) is 5.18. The number of rotatable bonds is 5. The van der Waals surface area contributed by atoms with Crippen LogP contribution >= 0.6 is 11.3 Å². The first-order valence-electron chi connectivity index (χ1n) is 7.52. The molecular formula is C15H20N6OS. The van der Waals surface area contributed by atoms with Crippen LogP contribution in [0.2, 0.25) is 0 Å². The zero-order valence-corrected chi connectivity index (χ0v) is 14.3. The fourth-order valence-corrected chi connectivity index (χ4v) is 2.98. The molecule has 0 radical (unpaired) electrons. The van der Waals surface area contributed by atoms with Gasteiger partial charge in [-0.3, -0.25) is 4.40 Å². The van der Waals surface area contributed by atoms with Crippen LogP contribution in [0.15, 0.2) is 27.3 Å². The van der Waals surface area contributed by atoms with Crippen LogP contribution in [0.4, 0.5) is 0 Å². The van der Waals surface area contributed by atoms with Crippen molar-refractivity contribution in [2.75, 3.05) is 6.54 Å². The van der Waals surface area contributed by atoms with Gasteiger partial charge in [0, 0.05) is 29.9 Å². The van der Waals surface area contributed by atoms with Crippen LogP contribution in [0, 0.1) is 13.8 Å². The quantitative estimate of drug-likeness (QED) is 0.553. The molecule has 3 aromatic rings. The Balaban J connectivity index is 1.66. The molecule has 0 aliphatic rings. The van der Waals surface area contributed by atoms with Gasteiger partial charge in [0.05, 0.1) is 24.5 Å². The fraction of sp³-hybridized carbons (Fsp3) is 0.400. The van der Waals surface area contributed by atoms with E-state index >= 15 is 0 Å². The second-order valence-corrected chi connectivity index (χ2v) is 6.05. The van der Waals surface area contributed by atoms with Crippen LogP contribution in [0.1, 0.15) is 29.6 Å². The Hall–Kier alpha value is -2.35. The molecule has 0 fully saturated rings. The first-order chi connectivity index (χ1) is 11.2. The van der Waals surface area contributed by atoms with Crippen molar-refractivity contribution in [3.63, 3.8) is 0 Å². The van der Waals surface area contributed by atoms with Crippen LogP contribution in [0.5, 0.6) is 0 Å². The smallest absolute Gasteiger partial charge is 0.193 e. The Kier molecular flexibility index (Phi) is 4.61. The zero-order valence-electron chi connectivity index (χ0n) is 13.5. The minimum absolute atomic E-state index is 0.536. The van der Waals surface area contributed by atoms with Crippen molar-refractivity contribution in [2.24, 2.45) is 4.99 Å². The molecule has 0 unspecified atom stereocenters. The minimum atomic E-state index is 0.536. The monoisotopic (exact) mass is 332 g/mol. The molecule has 0 aliphatic carbocycles. The van der Waals surface area contributed by atoms with Gasteiger partial charge in [-0.2, -0.15) is 0 Å². The maximum atomic E-state index is 5.17. The number of nitrogens with one attached hydrogen (secondary N) is 2. The van der Waals surface area contributed by atoms with E-state index in [2.05, 4.69) is 25.8 Å². The van der Waals surface area contributed by atoms with E-state index in [4.69, 9.17) is 4.52 Å². The molecule has 0 atom stereocenters. The predicted octanol–water partition coefficient (Wildman–Crippen LogP) is 2.26. The molecule has 23 heavy (non-hydrogen) atoms. The molecule has 3 aromatic heterocycles. The number of guanidine groups is 1. The standard InChI is InChI=1S/C15H20N6OS/c1-4-16-14(18-8-13-10(2)20-22-11(13)3)17-7-12-9-21-5-6-23-15(21)19-12/h5-6,9H,4,7-8H2,1-3H3,(H2,16,17,18). The summed E-state index contributed by atoms with van der Waals surface area (Å²) in [6, 6.07) is 0. The Labute approximate surface area is 138 Å². The SMILES string of the molecule is CCNC(=NCc1c(C)noc1C)NCc1cn2ccsc2n1. The maximum Gasteiger partial charge on any atom is 0.193 e. The predicted molar refractivity (Wildman–Crippen MR) is 90.7 cm³/mol. The fourth-order valence-electron chi connectivity index (χ4n) is 2.26. The van der Waals surface area contributed by atoms with Crippen LogP contribution < -0.4 is 10.6 Å². The maximum absolute atomic E-state index is 5.17. The summed E-state index contributed by atoms with van der Waals surface area (Å²) in [6.45, 7) is 7.84. The van der Waals surface area contributed by atoms with Gasteiger partial charge in [0.15, 0.2) is 10.9 Å². The lowest BCUT2D eigenvalue weighted by molar-refractivity contribution is 0.392. The van der Waals surface area contributed by atoms with Crippen molar-refractivity contribution in [1.82, 2.24) is 25.2 Å². The van der Waals surface area contributed by atoms with Crippen LogP contribution in [-0.2, 0) is 13.1 Å². The van der Waals surface area contributed by atoms with Gasteiger partial charge in [0.2, 0.25) is 0 Å². The third-order valence-corrected chi connectivity index (χ3v) is 4.27. The molecule has 0 saturated carbocycles. The van der Waals surface area contributed by atoms with E-state index in [0.717, 1.165) is 40.2 Å². The van der Waals surface area contributed by atoms with E-state index in [1.54, 1.807) is 11.3 Å². The van der Waals surface area contributed by atoms with E-state index in [1.807, 2.05) is 42.9 Å². The number of nitrogens with zero attached hydrogens (tertiary/aromatic N) is 4. The van der Waals surface area contributed by atoms with E-state index in [9.17, 15) is 0 Å². The number of imidazole rings is 1. The molecule has 0 bridgehead atoms. The molecule has 122 valence electrons. The summed E-state index contributed by atoms with van der Waals surface area (Å²) in [5.41, 5.74) is 2.90. The van der Waals surface area contributed by atoms with Crippen molar-refractivity contribution in [1.29, 1.82) is 0 Å². The molecule has 0 amide bonds. The average molecular weight is 332 g/mol. The molecule has 2 N–H and O–H groups in total. The molecule has 0 spiro atoms. The van der Waals surface area contributed by atoms with Gasteiger partial charge in [0.1, 0.15) is 5.76 Å². The normalized spacial score (nSPS) is 12.0. The number of hydrogen-bond donors (Lipinski definition) is 2. The number of aryl methyl sites for hydroxylation is 2. The van der Waals surface area contributed by atoms with Gasteiger partial charge < -0.3 is 15.2 Å². The van der Waals surface area contributed by atoms with E-state index in [1.165, 1.54) is 0 Å². The molecule has 8 heteroatoms. The Morgan fingerprint density at radius 1 is 1.39 bits per heavy atom. The molecule has 7 nitrogen and oxygen atoms in total. The first kappa shape index (κ1) is 15.5. The number of hydrogen-bond acceptors (Lipinski definition) is 5. The first-order valence-corrected chi connectivity index (χ1v) is 8.40. The Morgan fingerprint density at radius 3 is 2.96 bits per heavy atom. The summed E-state index contributed by atoms with van der Waals surface area (Å²) in [5.74, 6) is 1.57. The van der Waals surface area contributed by atoms with Gasteiger partial charge in [-0.25, -0.2) is 9.98 Å². The number of aromatic nitrogens is 3. The van der Waals surface area contributed by atoms with Gasteiger partial charge in [-0.05, 0) is 20.8 Å². The molecule has 3 heterocycles. The summed E-state index contributed by atoms with van der Waals surface area (Å²) in [7, 11) is 0. The average Bonchev–Trinajstić information content (AvgIpc) is 3.19. The third kappa shape index (κ3) is 3.53. The molecule has 3 rings (SSSR count). The Bertz CT molecular complexity index is 767.